The number of fused-ring (bicyclic) bond motifs is 1. The molecule has 3 rings (SSSR count). The number of H-pyrrole nitrogens is 1. The summed E-state index contributed by atoms with van der Waals surface area (Å²) < 4.78 is 5.73. The van der Waals surface area contributed by atoms with E-state index in [2.05, 4.69) is 11.1 Å². The average molecular weight is 304 g/mol. The van der Waals surface area contributed by atoms with Crippen molar-refractivity contribution >= 4 is 16.7 Å². The molecule has 4 nitrogen and oxygen atoms in total. The maximum Gasteiger partial charge on any atom is 0.205 e. The molecule has 1 N–H and O–H groups in total. The van der Waals surface area contributed by atoms with Crippen LogP contribution in [0.5, 0.6) is 5.75 Å². The molecule has 4 heteroatoms. The van der Waals surface area contributed by atoms with Crippen molar-refractivity contribution in [3.8, 4) is 11.8 Å². The summed E-state index contributed by atoms with van der Waals surface area (Å²) in [7, 11) is 0. The van der Waals surface area contributed by atoms with Crippen LogP contribution in [0.2, 0.25) is 0 Å². The molecule has 0 amide bonds. The second-order valence-corrected chi connectivity index (χ2v) is 5.43. The molecule has 3 aromatic rings. The van der Waals surface area contributed by atoms with Crippen LogP contribution in [-0.4, -0.2) is 16.9 Å². The normalized spacial score (nSPS) is 11.9. The number of nitrogens with one attached hydrogen (secondary N) is 1. The summed E-state index contributed by atoms with van der Waals surface area (Å²) in [6.45, 7) is 3.61. The topological polar surface area (TPSA) is 65.9 Å². The van der Waals surface area contributed by atoms with E-state index in [1.807, 2.05) is 31.2 Å². The number of nitriles is 1. The number of nitrogens with zero attached hydrogens (tertiary/aromatic N) is 1. The summed E-state index contributed by atoms with van der Waals surface area (Å²) in [6, 6.07) is 16.6. The number of carbonyl (C=O) groups excluding carboxylic acids is 1. The number of hydrogen-bond donors (Lipinski definition) is 1. The maximum atomic E-state index is 12.8. The van der Waals surface area contributed by atoms with E-state index in [-0.39, 0.29) is 5.78 Å². The monoisotopic (exact) mass is 304 g/mol. The van der Waals surface area contributed by atoms with E-state index >= 15 is 0 Å². The summed E-state index contributed by atoms with van der Waals surface area (Å²) in [5, 5.41) is 9.83. The first-order chi connectivity index (χ1) is 11.1. The molecule has 0 aliphatic rings. The minimum atomic E-state index is -0.637. The zero-order chi connectivity index (χ0) is 16.4. The number of carbonyl (C=O) groups is 1. The lowest BCUT2D eigenvalue weighted by Gasteiger charge is -2.14. The van der Waals surface area contributed by atoms with Crippen molar-refractivity contribution in [2.45, 2.75) is 20.0 Å². The van der Waals surface area contributed by atoms with E-state index in [1.54, 1.807) is 31.2 Å². The van der Waals surface area contributed by atoms with E-state index < -0.39 is 6.10 Å². The molecule has 23 heavy (non-hydrogen) atoms. The lowest BCUT2D eigenvalue weighted by Crippen LogP contribution is -2.24. The number of aryl methyl sites for hydroxylation is 1. The second-order valence-electron chi connectivity index (χ2n) is 5.43. The zero-order valence-electron chi connectivity index (χ0n) is 13.0. The van der Waals surface area contributed by atoms with Crippen molar-refractivity contribution < 1.29 is 9.53 Å². The van der Waals surface area contributed by atoms with Crippen molar-refractivity contribution in [3.63, 3.8) is 0 Å². The Labute approximate surface area is 134 Å². The molecule has 0 radical (unpaired) electrons. The van der Waals surface area contributed by atoms with Crippen molar-refractivity contribution in [2.75, 3.05) is 0 Å². The van der Waals surface area contributed by atoms with Gasteiger partial charge in [-0.3, -0.25) is 4.79 Å². The fourth-order valence-corrected chi connectivity index (χ4v) is 2.69. The van der Waals surface area contributed by atoms with Gasteiger partial charge in [-0.05, 0) is 38.1 Å². The molecule has 114 valence electrons. The number of ether oxygens (including phenoxy) is 1. The molecule has 0 fully saturated rings. The van der Waals surface area contributed by atoms with Gasteiger partial charge in [0.2, 0.25) is 5.78 Å². The fourth-order valence-electron chi connectivity index (χ4n) is 2.69. The fraction of sp³-hybridized carbons (Fsp3) is 0.158. The predicted molar refractivity (Wildman–Crippen MR) is 88.6 cm³/mol. The maximum absolute atomic E-state index is 12.8. The van der Waals surface area contributed by atoms with Gasteiger partial charge in [-0.1, -0.05) is 24.3 Å². The summed E-state index contributed by atoms with van der Waals surface area (Å²) in [5.41, 5.74) is 2.93. The van der Waals surface area contributed by atoms with Gasteiger partial charge in [-0.2, -0.15) is 5.26 Å². The predicted octanol–water partition coefficient (Wildman–Crippen LogP) is 4.00. The number of Topliss-reactive ketones (excluding diaryl/α,β-unsaturated/α-hetero) is 1. The van der Waals surface area contributed by atoms with Gasteiger partial charge in [0.05, 0.1) is 11.6 Å². The van der Waals surface area contributed by atoms with E-state index in [0.717, 1.165) is 16.6 Å². The molecule has 0 aliphatic carbocycles. The van der Waals surface area contributed by atoms with Crippen molar-refractivity contribution in [1.82, 2.24) is 4.98 Å². The molecule has 0 aliphatic heterocycles. The van der Waals surface area contributed by atoms with Crippen LogP contribution < -0.4 is 4.74 Å². The van der Waals surface area contributed by atoms with Crippen LogP contribution in [0.25, 0.3) is 10.9 Å². The molecular weight excluding hydrogens is 288 g/mol. The third kappa shape index (κ3) is 2.82. The average Bonchev–Trinajstić information content (AvgIpc) is 2.90. The number of benzene rings is 2. The Kier molecular flexibility index (Phi) is 3.86. The molecule has 0 bridgehead atoms. The van der Waals surface area contributed by atoms with Gasteiger partial charge in [0, 0.05) is 22.2 Å². The van der Waals surface area contributed by atoms with Gasteiger partial charge in [0.15, 0.2) is 6.10 Å². The molecule has 1 heterocycles. The van der Waals surface area contributed by atoms with Crippen molar-refractivity contribution in [2.24, 2.45) is 0 Å². The van der Waals surface area contributed by atoms with Crippen LogP contribution in [0.4, 0.5) is 0 Å². The zero-order valence-corrected chi connectivity index (χ0v) is 13.0. The van der Waals surface area contributed by atoms with Gasteiger partial charge < -0.3 is 9.72 Å². The Balaban J connectivity index is 1.89. The van der Waals surface area contributed by atoms with Crippen LogP contribution in [0, 0.1) is 18.3 Å². The molecule has 0 spiro atoms. The Morgan fingerprint density at radius 1 is 1.22 bits per heavy atom. The van der Waals surface area contributed by atoms with Gasteiger partial charge in [0.1, 0.15) is 5.75 Å². The Hall–Kier alpha value is -3.06. The highest BCUT2D eigenvalue weighted by molar-refractivity contribution is 6.11. The van der Waals surface area contributed by atoms with Crippen molar-refractivity contribution in [3.05, 3.63) is 65.4 Å². The number of ketones is 1. The molecule has 0 unspecified atom stereocenters. The quantitative estimate of drug-likeness (QED) is 0.741. The third-order valence-corrected chi connectivity index (χ3v) is 3.79. The molecule has 0 saturated heterocycles. The van der Waals surface area contributed by atoms with E-state index in [4.69, 9.17) is 10.00 Å². The van der Waals surface area contributed by atoms with Crippen LogP contribution in [-0.2, 0) is 0 Å². The molecule has 1 atom stereocenters. The highest BCUT2D eigenvalue weighted by Gasteiger charge is 2.22. The van der Waals surface area contributed by atoms with Crippen LogP contribution >= 0.6 is 0 Å². The lowest BCUT2D eigenvalue weighted by molar-refractivity contribution is 0.0819. The highest BCUT2D eigenvalue weighted by atomic mass is 16.5. The minimum Gasteiger partial charge on any atom is -0.483 e. The first-order valence-corrected chi connectivity index (χ1v) is 7.38. The van der Waals surface area contributed by atoms with Crippen LogP contribution in [0.1, 0.15) is 28.5 Å². The van der Waals surface area contributed by atoms with Gasteiger partial charge in [-0.25, -0.2) is 0 Å². The lowest BCUT2D eigenvalue weighted by atomic mass is 10.0. The number of para-hydroxylation sites is 1. The number of aromatic amines is 1. The van der Waals surface area contributed by atoms with Crippen LogP contribution in [0.15, 0.2) is 48.5 Å². The van der Waals surface area contributed by atoms with Gasteiger partial charge in [0.25, 0.3) is 0 Å². The molecule has 0 saturated carbocycles. The Morgan fingerprint density at radius 2 is 2.00 bits per heavy atom. The van der Waals surface area contributed by atoms with E-state index in [1.165, 1.54) is 0 Å². The van der Waals surface area contributed by atoms with Gasteiger partial charge in [-0.15, -0.1) is 0 Å². The highest BCUT2D eigenvalue weighted by Crippen LogP contribution is 2.24. The standard InChI is InChI=1S/C19H16N2O2/c1-12-18(16-8-3-4-9-17(16)21-12)19(22)13(2)23-15-7-5-6-14(10-15)11-20/h3-10,13,21H,1-2H3/t13-/m1/s1. The van der Waals surface area contributed by atoms with Crippen LogP contribution in [0.3, 0.4) is 0 Å². The largest absolute Gasteiger partial charge is 0.483 e. The first kappa shape index (κ1) is 14.9. The number of hydrogen-bond acceptors (Lipinski definition) is 3. The number of aromatic nitrogens is 1. The summed E-state index contributed by atoms with van der Waals surface area (Å²) in [4.78, 5) is 16.0. The smallest absolute Gasteiger partial charge is 0.205 e. The second kappa shape index (κ2) is 5.98. The molecular formula is C19H16N2O2. The van der Waals surface area contributed by atoms with E-state index in [0.29, 0.717) is 16.9 Å². The SMILES string of the molecule is Cc1[nH]c2ccccc2c1C(=O)[C@@H](C)Oc1cccc(C#N)c1. The van der Waals surface area contributed by atoms with E-state index in [9.17, 15) is 4.79 Å². The molecule has 1 aromatic heterocycles. The summed E-state index contributed by atoms with van der Waals surface area (Å²) in [5.74, 6) is 0.435. The summed E-state index contributed by atoms with van der Waals surface area (Å²) >= 11 is 0. The van der Waals surface area contributed by atoms with Crippen molar-refractivity contribution in [1.29, 1.82) is 5.26 Å². The Morgan fingerprint density at radius 3 is 2.78 bits per heavy atom. The first-order valence-electron chi connectivity index (χ1n) is 7.38. The minimum absolute atomic E-state index is 0.0812. The van der Waals surface area contributed by atoms with Gasteiger partial charge >= 0.3 is 0 Å². The Bertz CT molecular complexity index is 919. The third-order valence-electron chi connectivity index (χ3n) is 3.79. The molecule has 2 aromatic carbocycles. The summed E-state index contributed by atoms with van der Waals surface area (Å²) in [6.07, 6.45) is -0.637. The number of rotatable bonds is 4.